The van der Waals surface area contributed by atoms with Crippen LogP contribution in [0.2, 0.25) is 0 Å². The zero-order chi connectivity index (χ0) is 15.9. The Bertz CT molecular complexity index is 726. The fraction of sp³-hybridized carbons (Fsp3) is 0.526. The van der Waals surface area contributed by atoms with Gasteiger partial charge in [-0.25, -0.2) is 4.39 Å². The Morgan fingerprint density at radius 2 is 2.04 bits per heavy atom. The van der Waals surface area contributed by atoms with Gasteiger partial charge in [-0.2, -0.15) is 0 Å². The Morgan fingerprint density at radius 1 is 1.26 bits per heavy atom. The van der Waals surface area contributed by atoms with Crippen molar-refractivity contribution >= 4 is 16.8 Å². The monoisotopic (exact) mass is 314 g/mol. The Kier molecular flexibility index (Phi) is 3.63. The molecular formula is C19H23FN2O. The number of aromatic amines is 1. The Morgan fingerprint density at radius 3 is 2.78 bits per heavy atom. The second kappa shape index (κ2) is 5.66. The van der Waals surface area contributed by atoms with Crippen LogP contribution in [0.15, 0.2) is 24.4 Å². The predicted octanol–water partition coefficient (Wildman–Crippen LogP) is 4.04. The van der Waals surface area contributed by atoms with Gasteiger partial charge in [0.25, 0.3) is 0 Å². The average Bonchev–Trinajstić information content (AvgIpc) is 3.25. The summed E-state index contributed by atoms with van der Waals surface area (Å²) in [6.07, 6.45) is 9.76. The molecule has 1 aromatic heterocycles. The molecule has 0 spiro atoms. The molecule has 3 nitrogen and oxygen atoms in total. The molecule has 1 heterocycles. The smallest absolute Gasteiger partial charge is 0.223 e. The maximum Gasteiger partial charge on any atom is 0.223 e. The van der Waals surface area contributed by atoms with Crippen LogP contribution in [0.5, 0.6) is 0 Å². The zero-order valence-electron chi connectivity index (χ0n) is 13.3. The Labute approximate surface area is 135 Å². The van der Waals surface area contributed by atoms with Crippen molar-refractivity contribution < 1.29 is 9.18 Å². The van der Waals surface area contributed by atoms with Crippen LogP contribution < -0.4 is 5.32 Å². The minimum absolute atomic E-state index is 0.00360. The molecule has 23 heavy (non-hydrogen) atoms. The summed E-state index contributed by atoms with van der Waals surface area (Å²) in [7, 11) is 0. The maximum absolute atomic E-state index is 13.6. The van der Waals surface area contributed by atoms with Crippen molar-refractivity contribution in [2.45, 2.75) is 50.4 Å². The number of fused-ring (bicyclic) bond motifs is 1. The first-order valence-corrected chi connectivity index (χ1v) is 8.73. The zero-order valence-corrected chi connectivity index (χ0v) is 13.3. The van der Waals surface area contributed by atoms with Crippen LogP contribution in [-0.4, -0.2) is 17.4 Å². The van der Waals surface area contributed by atoms with Crippen molar-refractivity contribution in [1.29, 1.82) is 0 Å². The third-order valence-electron chi connectivity index (χ3n) is 5.65. The van der Waals surface area contributed by atoms with E-state index in [2.05, 4.69) is 10.3 Å². The lowest BCUT2D eigenvalue weighted by Gasteiger charge is -2.23. The number of H-pyrrole nitrogens is 1. The van der Waals surface area contributed by atoms with Gasteiger partial charge < -0.3 is 10.3 Å². The molecule has 122 valence electrons. The minimum atomic E-state index is -0.208. The first-order chi connectivity index (χ1) is 11.2. The number of halogens is 1. The first kappa shape index (κ1) is 14.7. The van der Waals surface area contributed by atoms with Gasteiger partial charge in [0.2, 0.25) is 5.91 Å². The van der Waals surface area contributed by atoms with Crippen molar-refractivity contribution in [3.63, 3.8) is 0 Å². The van der Waals surface area contributed by atoms with Crippen LogP contribution in [0.1, 0.15) is 50.5 Å². The first-order valence-electron chi connectivity index (χ1n) is 8.73. The van der Waals surface area contributed by atoms with Crippen LogP contribution in [-0.2, 0) is 10.2 Å². The molecule has 2 fully saturated rings. The highest BCUT2D eigenvalue weighted by molar-refractivity contribution is 5.85. The summed E-state index contributed by atoms with van der Waals surface area (Å²) in [5.41, 5.74) is 2.11. The number of carbonyl (C=O) groups is 1. The predicted molar refractivity (Wildman–Crippen MR) is 88.8 cm³/mol. The molecule has 1 amide bonds. The third kappa shape index (κ3) is 2.75. The van der Waals surface area contributed by atoms with Crippen molar-refractivity contribution in [3.8, 4) is 0 Å². The van der Waals surface area contributed by atoms with E-state index in [1.165, 1.54) is 25.3 Å². The standard InChI is InChI=1S/C19H23FN2O/c20-14-6-7-17-15(10-14)16(11-21-17)19(8-9-19)12-22-18(23)13-4-2-1-3-5-13/h6-7,10-11,13,21H,1-5,8-9,12H2,(H,22,23). The molecule has 0 atom stereocenters. The van der Waals surface area contributed by atoms with E-state index in [0.29, 0.717) is 6.54 Å². The minimum Gasteiger partial charge on any atom is -0.361 e. The van der Waals surface area contributed by atoms with Gasteiger partial charge >= 0.3 is 0 Å². The number of rotatable bonds is 4. The topological polar surface area (TPSA) is 44.9 Å². The van der Waals surface area contributed by atoms with Gasteiger partial charge in [0, 0.05) is 35.0 Å². The van der Waals surface area contributed by atoms with Crippen molar-refractivity contribution in [2.75, 3.05) is 6.54 Å². The molecule has 0 unspecified atom stereocenters. The molecule has 0 aliphatic heterocycles. The molecule has 2 aliphatic carbocycles. The maximum atomic E-state index is 13.6. The lowest BCUT2D eigenvalue weighted by molar-refractivity contribution is -0.126. The van der Waals surface area contributed by atoms with Crippen molar-refractivity contribution in [2.24, 2.45) is 5.92 Å². The molecule has 0 saturated heterocycles. The second-order valence-electron chi connectivity index (χ2n) is 7.23. The highest BCUT2D eigenvalue weighted by atomic mass is 19.1. The van der Waals surface area contributed by atoms with Gasteiger partial charge in [-0.05, 0) is 49.4 Å². The quantitative estimate of drug-likeness (QED) is 0.879. The summed E-state index contributed by atoms with van der Waals surface area (Å²) in [5.74, 6) is 0.197. The highest BCUT2D eigenvalue weighted by Crippen LogP contribution is 2.50. The summed E-state index contributed by atoms with van der Waals surface area (Å²) in [5, 5.41) is 4.13. The summed E-state index contributed by atoms with van der Waals surface area (Å²) >= 11 is 0. The number of amides is 1. The van der Waals surface area contributed by atoms with E-state index < -0.39 is 0 Å². The largest absolute Gasteiger partial charge is 0.361 e. The highest BCUT2D eigenvalue weighted by Gasteiger charge is 2.46. The van der Waals surface area contributed by atoms with Crippen molar-refractivity contribution in [3.05, 3.63) is 35.8 Å². The molecule has 4 rings (SSSR count). The molecule has 2 aliphatic rings. The van der Waals surface area contributed by atoms with E-state index in [4.69, 9.17) is 0 Å². The molecule has 2 aromatic rings. The normalized spacial score (nSPS) is 20.6. The summed E-state index contributed by atoms with van der Waals surface area (Å²) < 4.78 is 13.6. The molecule has 1 aromatic carbocycles. The van der Waals surface area contributed by atoms with E-state index >= 15 is 0 Å². The van der Waals surface area contributed by atoms with Crippen LogP contribution in [0.4, 0.5) is 4.39 Å². The van der Waals surface area contributed by atoms with Gasteiger partial charge in [0.1, 0.15) is 5.82 Å². The lowest BCUT2D eigenvalue weighted by Crippen LogP contribution is -2.37. The third-order valence-corrected chi connectivity index (χ3v) is 5.65. The average molecular weight is 314 g/mol. The fourth-order valence-corrected chi connectivity index (χ4v) is 3.99. The van der Waals surface area contributed by atoms with Gasteiger partial charge in [-0.3, -0.25) is 4.79 Å². The van der Waals surface area contributed by atoms with Crippen LogP contribution in [0.3, 0.4) is 0 Å². The summed E-state index contributed by atoms with van der Waals surface area (Å²) in [6.45, 7) is 0.672. The van der Waals surface area contributed by atoms with Gasteiger partial charge in [-0.1, -0.05) is 19.3 Å². The van der Waals surface area contributed by atoms with Crippen LogP contribution in [0, 0.1) is 11.7 Å². The summed E-state index contributed by atoms with van der Waals surface area (Å²) in [6, 6.07) is 4.86. The van der Waals surface area contributed by atoms with Gasteiger partial charge in [-0.15, -0.1) is 0 Å². The number of aromatic nitrogens is 1. The van der Waals surface area contributed by atoms with Crippen LogP contribution >= 0.6 is 0 Å². The molecule has 0 bridgehead atoms. The van der Waals surface area contributed by atoms with Crippen molar-refractivity contribution in [1.82, 2.24) is 10.3 Å². The number of carbonyl (C=O) groups excluding carboxylic acids is 1. The second-order valence-corrected chi connectivity index (χ2v) is 7.23. The number of hydrogen-bond acceptors (Lipinski definition) is 1. The van der Waals surface area contributed by atoms with E-state index in [1.54, 1.807) is 12.1 Å². The number of nitrogens with one attached hydrogen (secondary N) is 2. The van der Waals surface area contributed by atoms with Gasteiger partial charge in [0.15, 0.2) is 0 Å². The molecular weight excluding hydrogens is 291 g/mol. The molecule has 2 N–H and O–H groups in total. The Balaban J connectivity index is 1.49. The number of hydrogen-bond donors (Lipinski definition) is 2. The van der Waals surface area contributed by atoms with Crippen LogP contribution in [0.25, 0.3) is 10.9 Å². The van der Waals surface area contributed by atoms with E-state index in [0.717, 1.165) is 42.1 Å². The fourth-order valence-electron chi connectivity index (χ4n) is 3.99. The lowest BCUT2D eigenvalue weighted by atomic mass is 9.88. The van der Waals surface area contributed by atoms with E-state index in [1.807, 2.05) is 6.20 Å². The Hall–Kier alpha value is -1.84. The van der Waals surface area contributed by atoms with Gasteiger partial charge in [0.05, 0.1) is 0 Å². The SMILES string of the molecule is O=C(NCC1(c2c[nH]c3ccc(F)cc23)CC1)C1CCCCC1. The molecule has 2 saturated carbocycles. The summed E-state index contributed by atoms with van der Waals surface area (Å²) in [4.78, 5) is 15.6. The van der Waals surface area contributed by atoms with E-state index in [9.17, 15) is 9.18 Å². The number of benzene rings is 1. The molecule has 4 heteroatoms. The van der Waals surface area contributed by atoms with E-state index in [-0.39, 0.29) is 23.1 Å². The molecule has 0 radical (unpaired) electrons.